The van der Waals surface area contributed by atoms with Crippen LogP contribution in [0.4, 0.5) is 0 Å². The number of halogens is 1. The molecule has 20 heavy (non-hydrogen) atoms. The number of carbonyl (C=O) groups is 1. The molecule has 0 bridgehead atoms. The summed E-state index contributed by atoms with van der Waals surface area (Å²) in [5.74, 6) is 0.710. The third-order valence-corrected chi connectivity index (χ3v) is 4.65. The Balaban J connectivity index is 1.70. The van der Waals surface area contributed by atoms with Crippen LogP contribution in [0, 0.1) is 5.92 Å². The lowest BCUT2D eigenvalue weighted by molar-refractivity contribution is -0.143. The fourth-order valence-electron chi connectivity index (χ4n) is 2.72. The molecule has 0 saturated carbocycles. The van der Waals surface area contributed by atoms with Gasteiger partial charge in [-0.3, -0.25) is 9.69 Å². The average Bonchev–Trinajstić information content (AvgIpc) is 2.91. The lowest BCUT2D eigenvalue weighted by Gasteiger charge is -2.30. The number of benzene rings is 1. The van der Waals surface area contributed by atoms with E-state index in [1.807, 2.05) is 12.1 Å². The van der Waals surface area contributed by atoms with Crippen molar-refractivity contribution in [1.29, 1.82) is 0 Å². The van der Waals surface area contributed by atoms with E-state index in [0.717, 1.165) is 41.2 Å². The summed E-state index contributed by atoms with van der Waals surface area (Å²) < 4.78 is 11.9. The Morgan fingerprint density at radius 2 is 2.10 bits per heavy atom. The van der Waals surface area contributed by atoms with E-state index in [1.165, 1.54) is 0 Å². The zero-order valence-corrected chi connectivity index (χ0v) is 12.6. The Hall–Kier alpha value is -1.27. The number of likely N-dealkylation sites (tertiary alicyclic amines) is 1. The average molecular weight is 342 g/mol. The van der Waals surface area contributed by atoms with E-state index in [0.29, 0.717) is 12.8 Å². The lowest BCUT2D eigenvalue weighted by atomic mass is 9.97. The molecule has 2 aliphatic heterocycles. The molecule has 0 unspecified atom stereocenters. The second-order valence-electron chi connectivity index (χ2n) is 5.15. The minimum atomic E-state index is -0.678. The second-order valence-corrected chi connectivity index (χ2v) is 6.00. The first-order chi connectivity index (χ1) is 9.65. The molecule has 5 nitrogen and oxygen atoms in total. The molecular formula is C14H16BrNO4. The predicted octanol–water partition coefficient (Wildman–Crippen LogP) is 2.47. The Kier molecular flexibility index (Phi) is 3.85. The van der Waals surface area contributed by atoms with Gasteiger partial charge in [-0.1, -0.05) is 15.9 Å². The van der Waals surface area contributed by atoms with Gasteiger partial charge in [-0.25, -0.2) is 0 Å². The zero-order chi connectivity index (χ0) is 14.1. The highest BCUT2D eigenvalue weighted by atomic mass is 79.9. The molecule has 0 aromatic heterocycles. The van der Waals surface area contributed by atoms with Gasteiger partial charge in [0.2, 0.25) is 6.79 Å². The molecule has 3 rings (SSSR count). The highest BCUT2D eigenvalue weighted by Gasteiger charge is 2.27. The number of carboxylic acids is 1. The summed E-state index contributed by atoms with van der Waals surface area (Å²) >= 11 is 3.56. The molecule has 0 atom stereocenters. The van der Waals surface area contributed by atoms with Gasteiger partial charge in [-0.2, -0.15) is 0 Å². The van der Waals surface area contributed by atoms with Gasteiger partial charge in [-0.05, 0) is 38.1 Å². The van der Waals surface area contributed by atoms with Gasteiger partial charge in [-0.15, -0.1) is 0 Å². The first-order valence-corrected chi connectivity index (χ1v) is 7.46. The number of rotatable bonds is 3. The first-order valence-electron chi connectivity index (χ1n) is 6.67. The highest BCUT2D eigenvalue weighted by Crippen LogP contribution is 2.40. The molecule has 1 N–H and O–H groups in total. The molecule has 1 fully saturated rings. The largest absolute Gasteiger partial charge is 0.481 e. The maximum absolute atomic E-state index is 11.0. The van der Waals surface area contributed by atoms with Crippen LogP contribution in [0.15, 0.2) is 16.6 Å². The van der Waals surface area contributed by atoms with Crippen LogP contribution in [0.3, 0.4) is 0 Å². The normalized spacial score (nSPS) is 19.2. The van der Waals surface area contributed by atoms with E-state index in [2.05, 4.69) is 20.8 Å². The molecule has 1 aromatic rings. The predicted molar refractivity (Wildman–Crippen MR) is 75.9 cm³/mol. The van der Waals surface area contributed by atoms with E-state index in [4.69, 9.17) is 14.6 Å². The van der Waals surface area contributed by atoms with Crippen LogP contribution in [0.2, 0.25) is 0 Å². The van der Waals surface area contributed by atoms with Crippen LogP contribution in [0.25, 0.3) is 0 Å². The maximum atomic E-state index is 11.0. The van der Waals surface area contributed by atoms with Crippen LogP contribution in [0.1, 0.15) is 18.4 Å². The smallest absolute Gasteiger partial charge is 0.306 e. The molecule has 0 aliphatic carbocycles. The summed E-state index contributed by atoms with van der Waals surface area (Å²) in [6.07, 6.45) is 1.42. The SMILES string of the molecule is O=C(O)C1CCN(Cc2c(Br)ccc3c2OCO3)CC1. The van der Waals surface area contributed by atoms with Crippen molar-refractivity contribution < 1.29 is 19.4 Å². The Bertz CT molecular complexity index is 526. The van der Waals surface area contributed by atoms with Crippen molar-refractivity contribution in [2.45, 2.75) is 19.4 Å². The standard InChI is InChI=1S/C14H16BrNO4/c15-11-1-2-12-13(20-8-19-12)10(11)7-16-5-3-9(4-6-16)14(17)18/h1-2,9H,3-8H2,(H,17,18). The molecule has 1 aromatic carbocycles. The molecule has 108 valence electrons. The Labute approximate surface area is 125 Å². The van der Waals surface area contributed by atoms with Gasteiger partial charge in [0.25, 0.3) is 0 Å². The van der Waals surface area contributed by atoms with Crippen LogP contribution >= 0.6 is 15.9 Å². The van der Waals surface area contributed by atoms with E-state index >= 15 is 0 Å². The minimum Gasteiger partial charge on any atom is -0.481 e. The summed E-state index contributed by atoms with van der Waals surface area (Å²) in [6.45, 7) is 2.61. The summed E-state index contributed by atoms with van der Waals surface area (Å²) in [7, 11) is 0. The van der Waals surface area contributed by atoms with Gasteiger partial charge in [0.15, 0.2) is 11.5 Å². The van der Waals surface area contributed by atoms with Gasteiger partial charge in [0.05, 0.1) is 5.92 Å². The van der Waals surface area contributed by atoms with E-state index in [-0.39, 0.29) is 12.7 Å². The first kappa shape index (κ1) is 13.7. The number of piperidine rings is 1. The molecule has 6 heteroatoms. The fraction of sp³-hybridized carbons (Fsp3) is 0.500. The van der Waals surface area contributed by atoms with Crippen molar-refractivity contribution in [3.8, 4) is 11.5 Å². The third kappa shape index (κ3) is 2.62. The number of carboxylic acid groups (broad SMARTS) is 1. The maximum Gasteiger partial charge on any atom is 0.306 e. The summed E-state index contributed by atoms with van der Waals surface area (Å²) in [5.41, 5.74) is 1.08. The Morgan fingerprint density at radius 1 is 1.35 bits per heavy atom. The lowest BCUT2D eigenvalue weighted by Crippen LogP contribution is -2.35. The summed E-state index contributed by atoms with van der Waals surface area (Å²) in [4.78, 5) is 13.2. The third-order valence-electron chi connectivity index (χ3n) is 3.90. The monoisotopic (exact) mass is 341 g/mol. The quantitative estimate of drug-likeness (QED) is 0.915. The number of aliphatic carboxylic acids is 1. The number of ether oxygens (including phenoxy) is 2. The van der Waals surface area contributed by atoms with Crippen molar-refractivity contribution in [2.24, 2.45) is 5.92 Å². The van der Waals surface area contributed by atoms with Gasteiger partial charge in [0, 0.05) is 16.6 Å². The van der Waals surface area contributed by atoms with Crippen molar-refractivity contribution in [2.75, 3.05) is 19.9 Å². The molecule has 2 heterocycles. The van der Waals surface area contributed by atoms with Gasteiger partial charge in [0.1, 0.15) is 0 Å². The zero-order valence-electron chi connectivity index (χ0n) is 11.0. The van der Waals surface area contributed by atoms with Crippen molar-refractivity contribution in [3.63, 3.8) is 0 Å². The van der Waals surface area contributed by atoms with Crippen LogP contribution < -0.4 is 9.47 Å². The van der Waals surface area contributed by atoms with Crippen molar-refractivity contribution >= 4 is 21.9 Å². The van der Waals surface area contributed by atoms with Gasteiger partial charge >= 0.3 is 5.97 Å². The topological polar surface area (TPSA) is 59.0 Å². The minimum absolute atomic E-state index is 0.198. The molecule has 2 aliphatic rings. The summed E-state index contributed by atoms with van der Waals surface area (Å²) in [6, 6.07) is 3.86. The van der Waals surface area contributed by atoms with E-state index < -0.39 is 5.97 Å². The second kappa shape index (κ2) is 5.61. The highest BCUT2D eigenvalue weighted by molar-refractivity contribution is 9.10. The fourth-order valence-corrected chi connectivity index (χ4v) is 3.15. The molecule has 0 spiro atoms. The number of hydrogen-bond donors (Lipinski definition) is 1. The summed E-state index contributed by atoms with van der Waals surface area (Å²) in [5, 5.41) is 9.02. The molecule has 0 amide bonds. The number of hydrogen-bond acceptors (Lipinski definition) is 4. The molecule has 1 saturated heterocycles. The Morgan fingerprint density at radius 3 is 2.80 bits per heavy atom. The van der Waals surface area contributed by atoms with E-state index in [9.17, 15) is 4.79 Å². The van der Waals surface area contributed by atoms with E-state index in [1.54, 1.807) is 0 Å². The van der Waals surface area contributed by atoms with Crippen molar-refractivity contribution in [3.05, 3.63) is 22.2 Å². The number of fused-ring (bicyclic) bond motifs is 1. The molecular weight excluding hydrogens is 326 g/mol. The number of nitrogens with zero attached hydrogens (tertiary/aromatic N) is 1. The molecule has 0 radical (unpaired) electrons. The van der Waals surface area contributed by atoms with Crippen molar-refractivity contribution in [1.82, 2.24) is 4.90 Å². The van der Waals surface area contributed by atoms with Crippen LogP contribution in [-0.4, -0.2) is 35.9 Å². The van der Waals surface area contributed by atoms with Gasteiger partial charge < -0.3 is 14.6 Å². The van der Waals surface area contributed by atoms with Crippen LogP contribution in [0.5, 0.6) is 11.5 Å². The van der Waals surface area contributed by atoms with Crippen LogP contribution in [-0.2, 0) is 11.3 Å².